The lowest BCUT2D eigenvalue weighted by atomic mass is 10.00. The number of nitrogens with one attached hydrogen (secondary N) is 1. The minimum atomic E-state index is 0.414. The average Bonchev–Trinajstić information content (AvgIpc) is 2.21. The standard InChI is InChI=1S/C13H20N2/c1-5-7-10(2)12(4)15-13-11(3)8-6-9-14-13/h5-6,8-10,12H,1,7H2,2-4H3,(H,14,15). The predicted molar refractivity (Wildman–Crippen MR) is 66.0 cm³/mol. The van der Waals surface area contributed by atoms with Crippen LogP contribution in [0, 0.1) is 12.8 Å². The fourth-order valence-corrected chi connectivity index (χ4v) is 1.46. The van der Waals surface area contributed by atoms with Gasteiger partial charge in [0.15, 0.2) is 0 Å². The third-order valence-corrected chi connectivity index (χ3v) is 2.77. The highest BCUT2D eigenvalue weighted by Gasteiger charge is 2.11. The van der Waals surface area contributed by atoms with E-state index in [1.54, 1.807) is 0 Å². The number of anilines is 1. The van der Waals surface area contributed by atoms with Crippen LogP contribution in [0.1, 0.15) is 25.8 Å². The molecule has 15 heavy (non-hydrogen) atoms. The molecule has 1 N–H and O–H groups in total. The Morgan fingerprint density at radius 3 is 2.87 bits per heavy atom. The van der Waals surface area contributed by atoms with Gasteiger partial charge < -0.3 is 5.32 Å². The van der Waals surface area contributed by atoms with Crippen LogP contribution in [0.4, 0.5) is 5.82 Å². The van der Waals surface area contributed by atoms with E-state index in [1.165, 1.54) is 5.56 Å². The molecule has 2 unspecified atom stereocenters. The summed E-state index contributed by atoms with van der Waals surface area (Å²) in [4.78, 5) is 4.32. The molecule has 2 atom stereocenters. The molecule has 0 aliphatic rings. The van der Waals surface area contributed by atoms with Crippen LogP contribution in [0.2, 0.25) is 0 Å². The minimum absolute atomic E-state index is 0.414. The molecule has 0 saturated carbocycles. The summed E-state index contributed by atoms with van der Waals surface area (Å²) in [6.45, 7) is 10.2. The molecule has 0 aromatic carbocycles. The van der Waals surface area contributed by atoms with Gasteiger partial charge in [0.2, 0.25) is 0 Å². The lowest BCUT2D eigenvalue weighted by Gasteiger charge is -2.21. The molecular weight excluding hydrogens is 184 g/mol. The normalized spacial score (nSPS) is 14.3. The summed E-state index contributed by atoms with van der Waals surface area (Å²) in [6.07, 6.45) is 4.81. The van der Waals surface area contributed by atoms with Crippen LogP contribution < -0.4 is 5.32 Å². The number of aromatic nitrogens is 1. The molecule has 82 valence electrons. The molecule has 2 heteroatoms. The number of pyridine rings is 1. The van der Waals surface area contributed by atoms with E-state index in [4.69, 9.17) is 0 Å². The number of nitrogens with zero attached hydrogens (tertiary/aromatic N) is 1. The molecule has 0 spiro atoms. The van der Waals surface area contributed by atoms with Gasteiger partial charge in [0.25, 0.3) is 0 Å². The maximum atomic E-state index is 4.32. The van der Waals surface area contributed by atoms with Crippen LogP contribution in [-0.2, 0) is 0 Å². The first kappa shape index (κ1) is 11.8. The monoisotopic (exact) mass is 204 g/mol. The van der Waals surface area contributed by atoms with Crippen molar-refractivity contribution in [2.45, 2.75) is 33.2 Å². The second kappa shape index (κ2) is 5.54. The van der Waals surface area contributed by atoms with Crippen LogP contribution in [0.5, 0.6) is 0 Å². The van der Waals surface area contributed by atoms with Crippen LogP contribution in [0.3, 0.4) is 0 Å². The molecule has 0 bridgehead atoms. The Morgan fingerprint density at radius 2 is 2.27 bits per heavy atom. The lowest BCUT2D eigenvalue weighted by molar-refractivity contribution is 0.515. The van der Waals surface area contributed by atoms with Gasteiger partial charge in [-0.05, 0) is 37.8 Å². The van der Waals surface area contributed by atoms with E-state index in [0.717, 1.165) is 12.2 Å². The highest BCUT2D eigenvalue weighted by molar-refractivity contribution is 5.43. The first-order chi connectivity index (χ1) is 7.15. The van der Waals surface area contributed by atoms with Crippen molar-refractivity contribution in [2.24, 2.45) is 5.92 Å². The van der Waals surface area contributed by atoms with Crippen molar-refractivity contribution in [2.75, 3.05) is 5.32 Å². The first-order valence-corrected chi connectivity index (χ1v) is 5.44. The van der Waals surface area contributed by atoms with Crippen molar-refractivity contribution in [1.29, 1.82) is 0 Å². The van der Waals surface area contributed by atoms with Crippen LogP contribution in [0.25, 0.3) is 0 Å². The van der Waals surface area contributed by atoms with Gasteiger partial charge in [0.05, 0.1) is 0 Å². The van der Waals surface area contributed by atoms with Crippen LogP contribution in [0.15, 0.2) is 31.0 Å². The molecule has 0 amide bonds. The van der Waals surface area contributed by atoms with Gasteiger partial charge in [-0.2, -0.15) is 0 Å². The van der Waals surface area contributed by atoms with E-state index >= 15 is 0 Å². The van der Waals surface area contributed by atoms with Crippen LogP contribution in [-0.4, -0.2) is 11.0 Å². The fraction of sp³-hybridized carbons (Fsp3) is 0.462. The average molecular weight is 204 g/mol. The molecule has 1 aromatic heterocycles. The van der Waals surface area contributed by atoms with Gasteiger partial charge in [0, 0.05) is 12.2 Å². The SMILES string of the molecule is C=CCC(C)C(C)Nc1ncccc1C. The molecule has 0 aliphatic heterocycles. The van der Waals surface area contributed by atoms with E-state index in [-0.39, 0.29) is 0 Å². The Morgan fingerprint density at radius 1 is 1.53 bits per heavy atom. The van der Waals surface area contributed by atoms with E-state index < -0.39 is 0 Å². The van der Waals surface area contributed by atoms with E-state index in [9.17, 15) is 0 Å². The maximum Gasteiger partial charge on any atom is 0.129 e. The molecule has 1 rings (SSSR count). The fourth-order valence-electron chi connectivity index (χ4n) is 1.46. The Hall–Kier alpha value is -1.31. The third-order valence-electron chi connectivity index (χ3n) is 2.77. The minimum Gasteiger partial charge on any atom is -0.367 e. The Bertz CT molecular complexity index is 320. The molecule has 2 nitrogen and oxygen atoms in total. The maximum absolute atomic E-state index is 4.32. The summed E-state index contributed by atoms with van der Waals surface area (Å²) in [7, 11) is 0. The summed E-state index contributed by atoms with van der Waals surface area (Å²) < 4.78 is 0. The Labute approximate surface area is 92.4 Å². The zero-order valence-electron chi connectivity index (χ0n) is 9.83. The van der Waals surface area contributed by atoms with Crippen molar-refractivity contribution in [1.82, 2.24) is 4.98 Å². The summed E-state index contributed by atoms with van der Waals surface area (Å²) >= 11 is 0. The quantitative estimate of drug-likeness (QED) is 0.743. The smallest absolute Gasteiger partial charge is 0.129 e. The molecule has 0 fully saturated rings. The molecular formula is C13H20N2. The molecule has 1 aromatic rings. The topological polar surface area (TPSA) is 24.9 Å². The second-order valence-corrected chi connectivity index (χ2v) is 4.10. The third kappa shape index (κ3) is 3.39. The largest absolute Gasteiger partial charge is 0.367 e. The van der Waals surface area contributed by atoms with Crippen molar-refractivity contribution in [3.8, 4) is 0 Å². The number of hydrogen-bond acceptors (Lipinski definition) is 2. The van der Waals surface area contributed by atoms with E-state index in [0.29, 0.717) is 12.0 Å². The molecule has 0 aliphatic carbocycles. The van der Waals surface area contributed by atoms with Gasteiger partial charge >= 0.3 is 0 Å². The number of hydrogen-bond donors (Lipinski definition) is 1. The van der Waals surface area contributed by atoms with Gasteiger partial charge in [0.1, 0.15) is 5.82 Å². The van der Waals surface area contributed by atoms with E-state index in [2.05, 4.69) is 43.7 Å². The van der Waals surface area contributed by atoms with Crippen molar-refractivity contribution in [3.05, 3.63) is 36.5 Å². The van der Waals surface area contributed by atoms with Crippen molar-refractivity contribution < 1.29 is 0 Å². The highest BCUT2D eigenvalue weighted by atomic mass is 15.0. The van der Waals surface area contributed by atoms with Gasteiger partial charge in [-0.1, -0.05) is 19.1 Å². The molecule has 1 heterocycles. The number of allylic oxidation sites excluding steroid dienone is 1. The first-order valence-electron chi connectivity index (χ1n) is 5.44. The van der Waals surface area contributed by atoms with Crippen molar-refractivity contribution >= 4 is 5.82 Å². The van der Waals surface area contributed by atoms with Gasteiger partial charge in [-0.3, -0.25) is 0 Å². The number of aryl methyl sites for hydroxylation is 1. The molecule has 0 saturated heterocycles. The van der Waals surface area contributed by atoms with Gasteiger partial charge in [-0.15, -0.1) is 6.58 Å². The summed E-state index contributed by atoms with van der Waals surface area (Å²) in [5.74, 6) is 1.56. The Kier molecular flexibility index (Phi) is 4.35. The lowest BCUT2D eigenvalue weighted by Crippen LogP contribution is -2.24. The summed E-state index contributed by atoms with van der Waals surface area (Å²) in [6, 6.07) is 4.44. The zero-order valence-corrected chi connectivity index (χ0v) is 9.83. The Balaban J connectivity index is 2.61. The van der Waals surface area contributed by atoms with Crippen LogP contribution >= 0.6 is 0 Å². The zero-order chi connectivity index (χ0) is 11.3. The molecule has 0 radical (unpaired) electrons. The summed E-state index contributed by atoms with van der Waals surface area (Å²) in [5, 5.41) is 3.44. The van der Waals surface area contributed by atoms with Crippen molar-refractivity contribution in [3.63, 3.8) is 0 Å². The summed E-state index contributed by atoms with van der Waals surface area (Å²) in [5.41, 5.74) is 1.19. The highest BCUT2D eigenvalue weighted by Crippen LogP contribution is 2.16. The number of rotatable bonds is 5. The van der Waals surface area contributed by atoms with E-state index in [1.807, 2.05) is 18.3 Å². The second-order valence-electron chi connectivity index (χ2n) is 4.10. The predicted octanol–water partition coefficient (Wildman–Crippen LogP) is 3.40. The van der Waals surface area contributed by atoms with Gasteiger partial charge in [-0.25, -0.2) is 4.98 Å².